The van der Waals surface area contributed by atoms with Crippen molar-refractivity contribution in [2.45, 2.75) is 40.2 Å². The summed E-state index contributed by atoms with van der Waals surface area (Å²) in [4.78, 5) is 19.7. The van der Waals surface area contributed by atoms with E-state index in [1.165, 1.54) is 6.20 Å². The Morgan fingerprint density at radius 2 is 2.06 bits per heavy atom. The SMILES string of the molecule is CC(C)COc1ccnc(C(=O)OC(C)(C)C)n1. The molecule has 0 saturated carbocycles. The minimum atomic E-state index is -0.560. The molecule has 0 N–H and O–H groups in total. The van der Waals surface area contributed by atoms with Gasteiger partial charge in [-0.1, -0.05) is 13.8 Å². The molecule has 0 aliphatic heterocycles. The van der Waals surface area contributed by atoms with Crippen LogP contribution in [-0.4, -0.2) is 28.1 Å². The zero-order valence-electron chi connectivity index (χ0n) is 11.6. The minimum absolute atomic E-state index is 0.0196. The molecule has 0 aliphatic carbocycles. The van der Waals surface area contributed by atoms with Crippen molar-refractivity contribution in [3.63, 3.8) is 0 Å². The Morgan fingerprint density at radius 3 is 2.61 bits per heavy atom. The lowest BCUT2D eigenvalue weighted by molar-refractivity contribution is 0.00543. The van der Waals surface area contributed by atoms with Gasteiger partial charge in [0.1, 0.15) is 5.60 Å². The van der Waals surface area contributed by atoms with Crippen LogP contribution in [0.4, 0.5) is 0 Å². The third-order valence-corrected chi connectivity index (χ3v) is 1.78. The summed E-state index contributed by atoms with van der Waals surface area (Å²) in [6.07, 6.45) is 1.49. The molecule has 5 nitrogen and oxygen atoms in total. The van der Waals surface area contributed by atoms with E-state index in [0.717, 1.165) is 0 Å². The van der Waals surface area contributed by atoms with E-state index in [0.29, 0.717) is 18.4 Å². The fraction of sp³-hybridized carbons (Fsp3) is 0.615. The molecule has 0 aromatic carbocycles. The molecular weight excluding hydrogens is 232 g/mol. The van der Waals surface area contributed by atoms with Crippen molar-refractivity contribution in [1.29, 1.82) is 0 Å². The zero-order chi connectivity index (χ0) is 13.8. The second-order valence-corrected chi connectivity index (χ2v) is 5.43. The summed E-state index contributed by atoms with van der Waals surface area (Å²) in [5.41, 5.74) is -0.560. The normalized spacial score (nSPS) is 11.4. The van der Waals surface area contributed by atoms with Gasteiger partial charge in [0.25, 0.3) is 0 Å². The van der Waals surface area contributed by atoms with E-state index in [1.807, 2.05) is 13.8 Å². The number of nitrogens with zero attached hydrogens (tertiary/aromatic N) is 2. The number of ether oxygens (including phenoxy) is 2. The van der Waals surface area contributed by atoms with E-state index in [-0.39, 0.29) is 5.82 Å². The Morgan fingerprint density at radius 1 is 1.39 bits per heavy atom. The van der Waals surface area contributed by atoms with Gasteiger partial charge in [-0.25, -0.2) is 9.78 Å². The number of aromatic nitrogens is 2. The Bertz CT molecular complexity index is 411. The first kappa shape index (κ1) is 14.4. The van der Waals surface area contributed by atoms with Crippen molar-refractivity contribution in [1.82, 2.24) is 9.97 Å². The van der Waals surface area contributed by atoms with E-state index in [2.05, 4.69) is 9.97 Å². The number of rotatable bonds is 4. The van der Waals surface area contributed by atoms with Crippen LogP contribution in [0.15, 0.2) is 12.3 Å². The van der Waals surface area contributed by atoms with Crippen molar-refractivity contribution < 1.29 is 14.3 Å². The third-order valence-electron chi connectivity index (χ3n) is 1.78. The van der Waals surface area contributed by atoms with Gasteiger partial charge < -0.3 is 9.47 Å². The number of carbonyl (C=O) groups excluding carboxylic acids is 1. The van der Waals surface area contributed by atoms with Crippen LogP contribution in [0.5, 0.6) is 5.88 Å². The van der Waals surface area contributed by atoms with Gasteiger partial charge in [-0.05, 0) is 26.7 Å². The van der Waals surface area contributed by atoms with Gasteiger partial charge >= 0.3 is 5.97 Å². The summed E-state index contributed by atoms with van der Waals surface area (Å²) in [5.74, 6) is 0.258. The van der Waals surface area contributed by atoms with Crippen LogP contribution in [0.3, 0.4) is 0 Å². The van der Waals surface area contributed by atoms with E-state index in [1.54, 1.807) is 26.8 Å². The van der Waals surface area contributed by atoms with Crippen LogP contribution in [0.25, 0.3) is 0 Å². The summed E-state index contributed by atoms with van der Waals surface area (Å²) in [5, 5.41) is 0. The molecule has 0 fully saturated rings. The van der Waals surface area contributed by atoms with Crippen LogP contribution in [0, 0.1) is 5.92 Å². The highest BCUT2D eigenvalue weighted by atomic mass is 16.6. The fourth-order valence-corrected chi connectivity index (χ4v) is 1.10. The topological polar surface area (TPSA) is 61.3 Å². The smallest absolute Gasteiger partial charge is 0.377 e. The van der Waals surface area contributed by atoms with Gasteiger partial charge in [0.2, 0.25) is 11.7 Å². The molecule has 1 heterocycles. The van der Waals surface area contributed by atoms with E-state index >= 15 is 0 Å². The van der Waals surface area contributed by atoms with E-state index in [9.17, 15) is 4.79 Å². The van der Waals surface area contributed by atoms with Crippen molar-refractivity contribution >= 4 is 5.97 Å². The molecule has 5 heteroatoms. The number of esters is 1. The van der Waals surface area contributed by atoms with Crippen LogP contribution in [-0.2, 0) is 4.74 Å². The van der Waals surface area contributed by atoms with Crippen molar-refractivity contribution in [3.8, 4) is 5.88 Å². The second-order valence-electron chi connectivity index (χ2n) is 5.43. The Labute approximate surface area is 108 Å². The molecule has 0 atom stereocenters. The highest BCUT2D eigenvalue weighted by Gasteiger charge is 2.20. The molecule has 0 radical (unpaired) electrons. The third kappa shape index (κ3) is 5.12. The average molecular weight is 252 g/mol. The van der Waals surface area contributed by atoms with Crippen LogP contribution >= 0.6 is 0 Å². The van der Waals surface area contributed by atoms with Crippen LogP contribution < -0.4 is 4.74 Å². The quantitative estimate of drug-likeness (QED) is 0.770. The van der Waals surface area contributed by atoms with E-state index in [4.69, 9.17) is 9.47 Å². The largest absolute Gasteiger partial charge is 0.477 e. The first-order chi connectivity index (χ1) is 8.28. The highest BCUT2D eigenvalue weighted by Crippen LogP contribution is 2.12. The van der Waals surface area contributed by atoms with Crippen LogP contribution in [0.1, 0.15) is 45.2 Å². The van der Waals surface area contributed by atoms with Crippen molar-refractivity contribution in [2.75, 3.05) is 6.61 Å². The maximum atomic E-state index is 11.7. The van der Waals surface area contributed by atoms with Gasteiger partial charge in [0.15, 0.2) is 0 Å². The first-order valence-corrected chi connectivity index (χ1v) is 5.97. The lowest BCUT2D eigenvalue weighted by atomic mass is 10.2. The summed E-state index contributed by atoms with van der Waals surface area (Å²) in [7, 11) is 0. The average Bonchev–Trinajstić information content (AvgIpc) is 2.24. The molecule has 0 spiro atoms. The molecule has 0 aliphatic rings. The molecule has 18 heavy (non-hydrogen) atoms. The number of hydrogen-bond acceptors (Lipinski definition) is 5. The molecule has 100 valence electrons. The maximum Gasteiger partial charge on any atom is 0.377 e. The standard InChI is InChI=1S/C13H20N2O3/c1-9(2)8-17-10-6-7-14-11(15-10)12(16)18-13(3,4)5/h6-7,9H,8H2,1-5H3. The molecule has 1 rings (SSSR count). The molecule has 0 amide bonds. The number of hydrogen-bond donors (Lipinski definition) is 0. The molecule has 0 unspecified atom stereocenters. The molecule has 1 aromatic heterocycles. The molecular formula is C13H20N2O3. The minimum Gasteiger partial charge on any atom is -0.477 e. The predicted octanol–water partition coefficient (Wildman–Crippen LogP) is 2.47. The van der Waals surface area contributed by atoms with Gasteiger partial charge in [-0.3, -0.25) is 0 Å². The first-order valence-electron chi connectivity index (χ1n) is 5.97. The second kappa shape index (κ2) is 5.80. The molecule has 1 aromatic rings. The Hall–Kier alpha value is -1.65. The number of carbonyl (C=O) groups is 1. The maximum absolute atomic E-state index is 11.7. The summed E-state index contributed by atoms with van der Waals surface area (Å²) in [6.45, 7) is 10.0. The summed E-state index contributed by atoms with van der Waals surface area (Å²) in [6, 6.07) is 1.62. The Kier molecular flexibility index (Phi) is 4.64. The van der Waals surface area contributed by atoms with Crippen LogP contribution in [0.2, 0.25) is 0 Å². The van der Waals surface area contributed by atoms with Gasteiger partial charge in [-0.2, -0.15) is 4.98 Å². The lowest BCUT2D eigenvalue weighted by Crippen LogP contribution is -2.25. The van der Waals surface area contributed by atoms with Crippen molar-refractivity contribution in [3.05, 3.63) is 18.1 Å². The molecule has 0 saturated heterocycles. The van der Waals surface area contributed by atoms with Gasteiger partial charge in [0.05, 0.1) is 6.61 Å². The van der Waals surface area contributed by atoms with Gasteiger partial charge in [-0.15, -0.1) is 0 Å². The Balaban J connectivity index is 2.72. The zero-order valence-corrected chi connectivity index (χ0v) is 11.6. The van der Waals surface area contributed by atoms with E-state index < -0.39 is 11.6 Å². The van der Waals surface area contributed by atoms with Gasteiger partial charge in [0, 0.05) is 12.3 Å². The lowest BCUT2D eigenvalue weighted by Gasteiger charge is -2.18. The van der Waals surface area contributed by atoms with Crippen molar-refractivity contribution in [2.24, 2.45) is 5.92 Å². The predicted molar refractivity (Wildman–Crippen MR) is 67.5 cm³/mol. The monoisotopic (exact) mass is 252 g/mol. The summed E-state index contributed by atoms with van der Waals surface area (Å²) >= 11 is 0. The fourth-order valence-electron chi connectivity index (χ4n) is 1.10. The highest BCUT2D eigenvalue weighted by molar-refractivity contribution is 5.85. The summed E-state index contributed by atoms with van der Waals surface area (Å²) < 4.78 is 10.6. The molecule has 0 bridgehead atoms.